The molecule has 1 aromatic heterocycles. The van der Waals surface area contributed by atoms with Crippen LogP contribution in [0.25, 0.3) is 0 Å². The second-order valence-corrected chi connectivity index (χ2v) is 4.38. The molecule has 0 saturated carbocycles. The Hall–Kier alpha value is -2.07. The van der Waals surface area contributed by atoms with Gasteiger partial charge in [-0.15, -0.1) is 0 Å². The van der Waals surface area contributed by atoms with Crippen molar-refractivity contribution in [1.29, 1.82) is 0 Å². The fraction of sp³-hybridized carbons (Fsp3) is 0.267. The van der Waals surface area contributed by atoms with Crippen molar-refractivity contribution in [3.63, 3.8) is 0 Å². The molecule has 1 aromatic carbocycles. The van der Waals surface area contributed by atoms with Crippen molar-refractivity contribution in [3.05, 3.63) is 53.9 Å². The van der Waals surface area contributed by atoms with Crippen LogP contribution in [0.2, 0.25) is 0 Å². The number of nitrogens with one attached hydrogen (secondary N) is 1. The largest absolute Gasteiger partial charge is 0.507 e. The van der Waals surface area contributed by atoms with E-state index in [0.29, 0.717) is 12.3 Å². The standard InChI is InChI=1S/C15H18N2O2/c1-11(12-5-7-16-8-6-12)17-10-13-3-4-14(19-2)9-15(13)18/h3-9,11,17-18H,10H2,1-2H3/t11-/m1/s1. The van der Waals surface area contributed by atoms with Crippen LogP contribution in [0.4, 0.5) is 0 Å². The van der Waals surface area contributed by atoms with Crippen LogP contribution in [0.5, 0.6) is 11.5 Å². The lowest BCUT2D eigenvalue weighted by molar-refractivity contribution is 0.405. The molecule has 1 atom stereocenters. The Kier molecular flexibility index (Phi) is 4.36. The zero-order valence-electron chi connectivity index (χ0n) is 11.1. The van der Waals surface area contributed by atoms with E-state index in [1.54, 1.807) is 25.6 Å². The third-order valence-corrected chi connectivity index (χ3v) is 3.10. The van der Waals surface area contributed by atoms with Crippen LogP contribution in [0.3, 0.4) is 0 Å². The molecule has 4 nitrogen and oxygen atoms in total. The minimum atomic E-state index is 0.199. The molecule has 0 aliphatic carbocycles. The van der Waals surface area contributed by atoms with E-state index in [1.807, 2.05) is 24.3 Å². The second-order valence-electron chi connectivity index (χ2n) is 4.38. The van der Waals surface area contributed by atoms with E-state index in [4.69, 9.17) is 4.74 Å². The average Bonchev–Trinajstić information content (AvgIpc) is 2.46. The number of phenolic OH excluding ortho intramolecular Hbond substituents is 1. The number of phenols is 1. The molecule has 100 valence electrons. The monoisotopic (exact) mass is 258 g/mol. The van der Waals surface area contributed by atoms with Crippen LogP contribution in [0.15, 0.2) is 42.7 Å². The maximum Gasteiger partial charge on any atom is 0.123 e. The number of nitrogens with zero attached hydrogens (tertiary/aromatic N) is 1. The Labute approximate surface area is 113 Å². The van der Waals surface area contributed by atoms with Gasteiger partial charge < -0.3 is 15.2 Å². The smallest absolute Gasteiger partial charge is 0.123 e. The lowest BCUT2D eigenvalue weighted by atomic mass is 10.1. The molecule has 0 amide bonds. The van der Waals surface area contributed by atoms with Gasteiger partial charge in [0.05, 0.1) is 7.11 Å². The molecule has 2 rings (SSSR count). The van der Waals surface area contributed by atoms with E-state index in [-0.39, 0.29) is 11.8 Å². The van der Waals surface area contributed by atoms with Gasteiger partial charge in [-0.3, -0.25) is 4.98 Å². The second kappa shape index (κ2) is 6.20. The normalized spacial score (nSPS) is 12.1. The lowest BCUT2D eigenvalue weighted by Gasteiger charge is -2.15. The summed E-state index contributed by atoms with van der Waals surface area (Å²) in [6, 6.07) is 9.48. The van der Waals surface area contributed by atoms with Crippen LogP contribution in [0, 0.1) is 0 Å². The highest BCUT2D eigenvalue weighted by atomic mass is 16.5. The summed E-state index contributed by atoms with van der Waals surface area (Å²) in [5.74, 6) is 0.900. The predicted octanol–water partition coefficient (Wildman–Crippen LogP) is 2.65. The van der Waals surface area contributed by atoms with Gasteiger partial charge in [0.1, 0.15) is 11.5 Å². The average molecular weight is 258 g/mol. The molecule has 0 unspecified atom stereocenters. The van der Waals surface area contributed by atoms with E-state index < -0.39 is 0 Å². The Morgan fingerprint density at radius 2 is 2.00 bits per heavy atom. The molecule has 4 heteroatoms. The number of methoxy groups -OCH3 is 1. The third kappa shape index (κ3) is 3.45. The Balaban J connectivity index is 1.99. The minimum Gasteiger partial charge on any atom is -0.507 e. The van der Waals surface area contributed by atoms with Crippen molar-refractivity contribution in [3.8, 4) is 11.5 Å². The lowest BCUT2D eigenvalue weighted by Crippen LogP contribution is -2.18. The maximum absolute atomic E-state index is 9.88. The summed E-state index contributed by atoms with van der Waals surface area (Å²) in [6.07, 6.45) is 3.55. The molecule has 1 heterocycles. The molecule has 0 aliphatic heterocycles. The molecule has 2 N–H and O–H groups in total. The van der Waals surface area contributed by atoms with Gasteiger partial charge in [0.25, 0.3) is 0 Å². The number of pyridine rings is 1. The molecule has 0 aliphatic rings. The Morgan fingerprint density at radius 3 is 2.63 bits per heavy atom. The quantitative estimate of drug-likeness (QED) is 0.865. The van der Waals surface area contributed by atoms with Gasteiger partial charge in [-0.2, -0.15) is 0 Å². The Bertz CT molecular complexity index is 529. The van der Waals surface area contributed by atoms with E-state index in [0.717, 1.165) is 5.56 Å². The topological polar surface area (TPSA) is 54.4 Å². The van der Waals surface area contributed by atoms with Crippen molar-refractivity contribution in [2.45, 2.75) is 19.5 Å². The van der Waals surface area contributed by atoms with Gasteiger partial charge in [0, 0.05) is 36.6 Å². The number of benzene rings is 1. The van der Waals surface area contributed by atoms with Crippen LogP contribution in [0.1, 0.15) is 24.1 Å². The molecule has 0 spiro atoms. The maximum atomic E-state index is 9.88. The first-order valence-electron chi connectivity index (χ1n) is 6.20. The number of rotatable bonds is 5. The summed E-state index contributed by atoms with van der Waals surface area (Å²) < 4.78 is 5.06. The van der Waals surface area contributed by atoms with Gasteiger partial charge in [-0.25, -0.2) is 0 Å². The highest BCUT2D eigenvalue weighted by Gasteiger charge is 2.07. The summed E-state index contributed by atoms with van der Waals surface area (Å²) in [7, 11) is 1.58. The van der Waals surface area contributed by atoms with Gasteiger partial charge in [-0.1, -0.05) is 6.07 Å². The molecule has 0 radical (unpaired) electrons. The molecule has 19 heavy (non-hydrogen) atoms. The van der Waals surface area contributed by atoms with Crippen molar-refractivity contribution < 1.29 is 9.84 Å². The number of ether oxygens (including phenoxy) is 1. The minimum absolute atomic E-state index is 0.199. The predicted molar refractivity (Wildman–Crippen MR) is 74.2 cm³/mol. The molecular formula is C15H18N2O2. The van der Waals surface area contributed by atoms with E-state index in [9.17, 15) is 5.11 Å². The van der Waals surface area contributed by atoms with Crippen molar-refractivity contribution in [2.75, 3.05) is 7.11 Å². The summed E-state index contributed by atoms with van der Waals surface area (Å²) in [5.41, 5.74) is 2.02. The number of hydrogen-bond acceptors (Lipinski definition) is 4. The highest BCUT2D eigenvalue weighted by molar-refractivity contribution is 5.39. The summed E-state index contributed by atoms with van der Waals surface area (Å²) in [6.45, 7) is 2.68. The van der Waals surface area contributed by atoms with Crippen LogP contribution < -0.4 is 10.1 Å². The molecule has 2 aromatic rings. The van der Waals surface area contributed by atoms with Gasteiger partial charge in [0.15, 0.2) is 0 Å². The van der Waals surface area contributed by atoms with Crippen LogP contribution in [-0.4, -0.2) is 17.2 Å². The molecule has 0 fully saturated rings. The zero-order chi connectivity index (χ0) is 13.7. The molecular weight excluding hydrogens is 240 g/mol. The number of aromatic nitrogens is 1. The van der Waals surface area contributed by atoms with E-state index in [1.165, 1.54) is 5.56 Å². The fourth-order valence-electron chi connectivity index (χ4n) is 1.85. The van der Waals surface area contributed by atoms with Crippen LogP contribution >= 0.6 is 0 Å². The van der Waals surface area contributed by atoms with Crippen molar-refractivity contribution in [2.24, 2.45) is 0 Å². The van der Waals surface area contributed by atoms with Gasteiger partial charge in [0.2, 0.25) is 0 Å². The molecule has 0 bridgehead atoms. The first kappa shape index (κ1) is 13.4. The van der Waals surface area contributed by atoms with Crippen molar-refractivity contribution in [1.82, 2.24) is 10.3 Å². The summed E-state index contributed by atoms with van der Waals surface area (Å²) in [5, 5.41) is 13.2. The first-order valence-corrected chi connectivity index (χ1v) is 6.20. The number of aromatic hydroxyl groups is 1. The third-order valence-electron chi connectivity index (χ3n) is 3.10. The van der Waals surface area contributed by atoms with Gasteiger partial charge in [-0.05, 0) is 30.7 Å². The van der Waals surface area contributed by atoms with Crippen molar-refractivity contribution >= 4 is 0 Å². The molecule has 0 saturated heterocycles. The Morgan fingerprint density at radius 1 is 1.26 bits per heavy atom. The summed E-state index contributed by atoms with van der Waals surface area (Å²) >= 11 is 0. The number of hydrogen-bond donors (Lipinski definition) is 2. The highest BCUT2D eigenvalue weighted by Crippen LogP contribution is 2.23. The van der Waals surface area contributed by atoms with Crippen LogP contribution in [-0.2, 0) is 6.54 Å². The van der Waals surface area contributed by atoms with E-state index in [2.05, 4.69) is 17.2 Å². The first-order chi connectivity index (χ1) is 9.20. The SMILES string of the molecule is COc1ccc(CN[C@H](C)c2ccncc2)c(O)c1. The van der Waals surface area contributed by atoms with Gasteiger partial charge >= 0.3 is 0 Å². The zero-order valence-corrected chi connectivity index (χ0v) is 11.1. The summed E-state index contributed by atoms with van der Waals surface area (Å²) in [4.78, 5) is 4.00. The fourth-order valence-corrected chi connectivity index (χ4v) is 1.85. The van der Waals surface area contributed by atoms with E-state index >= 15 is 0 Å².